The maximum Gasteiger partial charge on any atom is 0.0133 e. The van der Waals surface area contributed by atoms with Gasteiger partial charge in [0.15, 0.2) is 0 Å². The van der Waals surface area contributed by atoms with Crippen molar-refractivity contribution < 1.29 is 0 Å². The minimum absolute atomic E-state index is 0.520. The molecule has 0 spiro atoms. The summed E-state index contributed by atoms with van der Waals surface area (Å²) >= 11 is 1.90. The van der Waals surface area contributed by atoms with Crippen molar-refractivity contribution in [1.82, 2.24) is 0 Å². The maximum atomic E-state index is 2.31. The lowest BCUT2D eigenvalue weighted by Gasteiger charge is -2.10. The van der Waals surface area contributed by atoms with Gasteiger partial charge >= 0.3 is 0 Å². The average molecular weight is 252 g/mol. The first-order valence-corrected chi connectivity index (χ1v) is 7.12. The molecule has 0 nitrogen and oxygen atoms in total. The van der Waals surface area contributed by atoms with Crippen LogP contribution >= 0.6 is 11.8 Å². The van der Waals surface area contributed by atoms with Crippen molar-refractivity contribution in [2.75, 3.05) is 0 Å². The van der Waals surface area contributed by atoms with E-state index in [4.69, 9.17) is 0 Å². The molecule has 1 atom stereocenters. The average Bonchev–Trinajstić information content (AvgIpc) is 2.66. The highest BCUT2D eigenvalue weighted by Gasteiger charge is 2.25. The summed E-state index contributed by atoms with van der Waals surface area (Å²) in [6.45, 7) is 4.55. The predicted octanol–water partition coefficient (Wildman–Crippen LogP) is 5.33. The summed E-state index contributed by atoms with van der Waals surface area (Å²) < 4.78 is 0. The molecule has 1 unspecified atom stereocenters. The Bertz CT molecular complexity index is 596. The summed E-state index contributed by atoms with van der Waals surface area (Å²) in [4.78, 5) is 2.81. The standard InChI is InChI=1S/C17H16S/c1-12-15-10-6-7-11-16(15)13(2)17(12)18-14-8-4-3-5-9-14/h3-12H,1-2H3. The third-order valence-electron chi connectivity index (χ3n) is 3.57. The summed E-state index contributed by atoms with van der Waals surface area (Å²) in [6, 6.07) is 19.4. The first kappa shape index (κ1) is 11.6. The second-order valence-corrected chi connectivity index (χ2v) is 5.83. The molecular weight excluding hydrogens is 236 g/mol. The van der Waals surface area contributed by atoms with Crippen LogP contribution in [0.5, 0.6) is 0 Å². The van der Waals surface area contributed by atoms with Crippen LogP contribution in [-0.4, -0.2) is 0 Å². The lowest BCUT2D eigenvalue weighted by Crippen LogP contribution is -1.90. The molecule has 90 valence electrons. The van der Waals surface area contributed by atoms with Crippen LogP contribution in [0.2, 0.25) is 0 Å². The van der Waals surface area contributed by atoms with E-state index in [-0.39, 0.29) is 0 Å². The molecule has 0 radical (unpaired) electrons. The highest BCUT2D eigenvalue weighted by molar-refractivity contribution is 8.03. The van der Waals surface area contributed by atoms with Crippen LogP contribution in [0.3, 0.4) is 0 Å². The molecular formula is C17H16S. The Morgan fingerprint density at radius 1 is 0.889 bits per heavy atom. The van der Waals surface area contributed by atoms with Crippen LogP contribution in [0.25, 0.3) is 5.57 Å². The van der Waals surface area contributed by atoms with E-state index in [1.807, 2.05) is 11.8 Å². The fourth-order valence-electron chi connectivity index (χ4n) is 2.60. The molecule has 0 aliphatic heterocycles. The summed E-state index contributed by atoms with van der Waals surface area (Å²) in [7, 11) is 0. The lowest BCUT2D eigenvalue weighted by atomic mass is 10.0. The minimum atomic E-state index is 0.520. The molecule has 0 saturated heterocycles. The zero-order valence-electron chi connectivity index (χ0n) is 10.7. The van der Waals surface area contributed by atoms with E-state index in [9.17, 15) is 0 Å². The van der Waals surface area contributed by atoms with Crippen molar-refractivity contribution >= 4 is 17.3 Å². The molecule has 18 heavy (non-hydrogen) atoms. The highest BCUT2D eigenvalue weighted by Crippen LogP contribution is 2.48. The summed E-state index contributed by atoms with van der Waals surface area (Å²) in [6.07, 6.45) is 0. The number of hydrogen-bond donors (Lipinski definition) is 0. The molecule has 2 aromatic rings. The fourth-order valence-corrected chi connectivity index (χ4v) is 3.71. The molecule has 1 aliphatic carbocycles. The Kier molecular flexibility index (Phi) is 3.00. The molecule has 0 fully saturated rings. The quantitative estimate of drug-likeness (QED) is 0.696. The zero-order valence-corrected chi connectivity index (χ0v) is 11.5. The van der Waals surface area contributed by atoms with Gasteiger partial charge in [0.25, 0.3) is 0 Å². The molecule has 1 heteroatoms. The van der Waals surface area contributed by atoms with Crippen molar-refractivity contribution in [1.29, 1.82) is 0 Å². The Labute approximate surface area is 113 Å². The monoisotopic (exact) mass is 252 g/mol. The fraction of sp³-hybridized carbons (Fsp3) is 0.176. The molecule has 0 N–H and O–H groups in total. The van der Waals surface area contributed by atoms with E-state index >= 15 is 0 Å². The first-order chi connectivity index (χ1) is 8.77. The van der Waals surface area contributed by atoms with Gasteiger partial charge in [0.05, 0.1) is 0 Å². The van der Waals surface area contributed by atoms with Crippen molar-refractivity contribution in [2.45, 2.75) is 24.7 Å². The summed E-state index contributed by atoms with van der Waals surface area (Å²) in [5.74, 6) is 0.520. The van der Waals surface area contributed by atoms with Gasteiger partial charge in [-0.05, 0) is 35.8 Å². The van der Waals surface area contributed by atoms with Gasteiger partial charge in [0, 0.05) is 15.7 Å². The number of rotatable bonds is 2. The van der Waals surface area contributed by atoms with Gasteiger partial charge in [-0.2, -0.15) is 0 Å². The second-order valence-electron chi connectivity index (χ2n) is 4.71. The number of hydrogen-bond acceptors (Lipinski definition) is 1. The highest BCUT2D eigenvalue weighted by atomic mass is 32.2. The van der Waals surface area contributed by atoms with Gasteiger partial charge in [0.1, 0.15) is 0 Å². The summed E-state index contributed by atoms with van der Waals surface area (Å²) in [5.41, 5.74) is 4.32. The van der Waals surface area contributed by atoms with Gasteiger partial charge in [-0.3, -0.25) is 0 Å². The van der Waals surface area contributed by atoms with Crippen LogP contribution in [0.15, 0.2) is 64.4 Å². The van der Waals surface area contributed by atoms with Gasteiger partial charge < -0.3 is 0 Å². The van der Waals surface area contributed by atoms with E-state index in [1.54, 1.807) is 0 Å². The Morgan fingerprint density at radius 2 is 1.56 bits per heavy atom. The smallest absolute Gasteiger partial charge is 0.0133 e. The normalized spacial score (nSPS) is 18.0. The Morgan fingerprint density at radius 3 is 2.28 bits per heavy atom. The zero-order chi connectivity index (χ0) is 12.5. The SMILES string of the molecule is CC1=C(Sc2ccccc2)C(C)c2ccccc21. The van der Waals surface area contributed by atoms with E-state index < -0.39 is 0 Å². The number of benzene rings is 2. The minimum Gasteiger partial charge on any atom is -0.0936 e. The summed E-state index contributed by atoms with van der Waals surface area (Å²) in [5, 5.41) is 0. The van der Waals surface area contributed by atoms with E-state index in [2.05, 4.69) is 68.4 Å². The molecule has 0 bridgehead atoms. The Hall–Kier alpha value is -1.47. The molecule has 1 aliphatic rings. The molecule has 0 amide bonds. The van der Waals surface area contributed by atoms with Gasteiger partial charge in [-0.1, -0.05) is 61.2 Å². The molecule has 0 saturated carbocycles. The number of fused-ring (bicyclic) bond motifs is 1. The van der Waals surface area contributed by atoms with Gasteiger partial charge in [-0.25, -0.2) is 0 Å². The predicted molar refractivity (Wildman–Crippen MR) is 79.8 cm³/mol. The number of thioether (sulfide) groups is 1. The Balaban J connectivity index is 1.98. The van der Waals surface area contributed by atoms with Crippen molar-refractivity contribution in [3.8, 4) is 0 Å². The topological polar surface area (TPSA) is 0 Å². The van der Waals surface area contributed by atoms with E-state index in [0.29, 0.717) is 5.92 Å². The third-order valence-corrected chi connectivity index (χ3v) is 4.95. The van der Waals surface area contributed by atoms with Crippen LogP contribution in [0.4, 0.5) is 0 Å². The van der Waals surface area contributed by atoms with Crippen LogP contribution in [0, 0.1) is 0 Å². The lowest BCUT2D eigenvalue weighted by molar-refractivity contribution is 0.974. The van der Waals surface area contributed by atoms with Crippen LogP contribution < -0.4 is 0 Å². The largest absolute Gasteiger partial charge is 0.0936 e. The molecule has 2 aromatic carbocycles. The van der Waals surface area contributed by atoms with Gasteiger partial charge in [0.2, 0.25) is 0 Å². The maximum absolute atomic E-state index is 2.31. The molecule has 3 rings (SSSR count). The van der Waals surface area contributed by atoms with E-state index in [0.717, 1.165) is 0 Å². The molecule has 0 heterocycles. The number of allylic oxidation sites excluding steroid dienone is 2. The van der Waals surface area contributed by atoms with Crippen LogP contribution in [0.1, 0.15) is 30.9 Å². The second kappa shape index (κ2) is 4.66. The van der Waals surface area contributed by atoms with Crippen molar-refractivity contribution in [3.63, 3.8) is 0 Å². The van der Waals surface area contributed by atoms with Gasteiger partial charge in [-0.15, -0.1) is 0 Å². The van der Waals surface area contributed by atoms with E-state index in [1.165, 1.54) is 26.5 Å². The molecule has 0 aromatic heterocycles. The first-order valence-electron chi connectivity index (χ1n) is 6.30. The van der Waals surface area contributed by atoms with Crippen molar-refractivity contribution in [3.05, 3.63) is 70.6 Å². The third kappa shape index (κ3) is 1.89. The van der Waals surface area contributed by atoms with Crippen LogP contribution in [-0.2, 0) is 0 Å². The van der Waals surface area contributed by atoms with Crippen molar-refractivity contribution in [2.24, 2.45) is 0 Å².